The standard InChI is InChI=1S/C19H19NO4S/c1-10-8-15(11(2)12(3)17(10)21)24-14-6-4-13(5-7-14)9-16-18(22)20-19(23)25-16/h4-8,16,21H,9H2,1-3H3,(H,20,22,23). The Hall–Kier alpha value is -2.47. The molecule has 0 radical (unpaired) electrons. The monoisotopic (exact) mass is 357 g/mol. The lowest BCUT2D eigenvalue weighted by Gasteiger charge is -2.14. The van der Waals surface area contributed by atoms with E-state index in [0.717, 1.165) is 34.0 Å². The van der Waals surface area contributed by atoms with Crippen LogP contribution >= 0.6 is 11.8 Å². The van der Waals surface area contributed by atoms with Gasteiger partial charge >= 0.3 is 0 Å². The number of hydrogen-bond acceptors (Lipinski definition) is 5. The highest BCUT2D eigenvalue weighted by molar-refractivity contribution is 8.15. The van der Waals surface area contributed by atoms with Crippen molar-refractivity contribution in [2.24, 2.45) is 0 Å². The van der Waals surface area contributed by atoms with Gasteiger partial charge < -0.3 is 9.84 Å². The van der Waals surface area contributed by atoms with Crippen LogP contribution in [-0.2, 0) is 11.2 Å². The summed E-state index contributed by atoms with van der Waals surface area (Å²) in [5.41, 5.74) is 3.43. The summed E-state index contributed by atoms with van der Waals surface area (Å²) in [7, 11) is 0. The van der Waals surface area contributed by atoms with Gasteiger partial charge in [0.1, 0.15) is 17.2 Å². The molecule has 0 saturated carbocycles. The Morgan fingerprint density at radius 3 is 2.40 bits per heavy atom. The number of thioether (sulfide) groups is 1. The van der Waals surface area contributed by atoms with Crippen molar-refractivity contribution in [1.82, 2.24) is 5.32 Å². The number of aryl methyl sites for hydroxylation is 1. The summed E-state index contributed by atoms with van der Waals surface area (Å²) >= 11 is 1.03. The van der Waals surface area contributed by atoms with Crippen molar-refractivity contribution in [1.29, 1.82) is 0 Å². The number of hydrogen-bond donors (Lipinski definition) is 2. The molecule has 1 fully saturated rings. The Morgan fingerprint density at radius 2 is 1.80 bits per heavy atom. The van der Waals surface area contributed by atoms with Crippen LogP contribution in [0.25, 0.3) is 0 Å². The number of rotatable bonds is 4. The summed E-state index contributed by atoms with van der Waals surface area (Å²) in [6.45, 7) is 5.60. The molecule has 1 aliphatic heterocycles. The summed E-state index contributed by atoms with van der Waals surface area (Å²) in [4.78, 5) is 22.8. The lowest BCUT2D eigenvalue weighted by atomic mass is 10.0. The van der Waals surface area contributed by atoms with Crippen molar-refractivity contribution in [3.63, 3.8) is 0 Å². The molecule has 1 heterocycles. The zero-order valence-corrected chi connectivity index (χ0v) is 15.1. The number of ether oxygens (including phenoxy) is 1. The second kappa shape index (κ2) is 6.80. The molecule has 0 bridgehead atoms. The minimum absolute atomic E-state index is 0.235. The molecule has 5 nitrogen and oxygen atoms in total. The van der Waals surface area contributed by atoms with Gasteiger partial charge in [-0.25, -0.2) is 0 Å². The second-order valence-corrected chi connectivity index (χ2v) is 7.30. The Kier molecular flexibility index (Phi) is 4.72. The molecule has 6 heteroatoms. The van der Waals surface area contributed by atoms with Gasteiger partial charge in [-0.05, 0) is 67.6 Å². The SMILES string of the molecule is Cc1cc(Oc2ccc(CC3SC(=O)NC3=O)cc2)c(C)c(C)c1O. The maximum absolute atomic E-state index is 11.6. The van der Waals surface area contributed by atoms with E-state index >= 15 is 0 Å². The smallest absolute Gasteiger partial charge is 0.286 e. The van der Waals surface area contributed by atoms with E-state index in [1.165, 1.54) is 0 Å². The predicted octanol–water partition coefficient (Wildman–Crippen LogP) is 4.00. The Labute approximate surface area is 150 Å². The van der Waals surface area contributed by atoms with Gasteiger partial charge in [0, 0.05) is 0 Å². The number of phenolic OH excluding ortho intramolecular Hbond substituents is 1. The van der Waals surface area contributed by atoms with E-state index in [1.54, 1.807) is 0 Å². The van der Waals surface area contributed by atoms with Crippen molar-refractivity contribution in [3.05, 3.63) is 52.6 Å². The van der Waals surface area contributed by atoms with Crippen LogP contribution in [0.15, 0.2) is 30.3 Å². The summed E-state index contributed by atoms with van der Waals surface area (Å²) in [5.74, 6) is 1.44. The van der Waals surface area contributed by atoms with Crippen LogP contribution < -0.4 is 10.1 Å². The first-order valence-electron chi connectivity index (χ1n) is 7.93. The van der Waals surface area contributed by atoms with E-state index in [2.05, 4.69) is 5.32 Å². The van der Waals surface area contributed by atoms with Crippen LogP contribution in [0.3, 0.4) is 0 Å². The summed E-state index contributed by atoms with van der Waals surface area (Å²) in [5, 5.41) is 11.6. The van der Waals surface area contributed by atoms with Gasteiger partial charge in [-0.2, -0.15) is 0 Å². The molecule has 2 N–H and O–H groups in total. The lowest BCUT2D eigenvalue weighted by Crippen LogP contribution is -2.25. The van der Waals surface area contributed by atoms with E-state index in [4.69, 9.17) is 4.74 Å². The predicted molar refractivity (Wildman–Crippen MR) is 97.5 cm³/mol. The van der Waals surface area contributed by atoms with Gasteiger partial charge in [-0.1, -0.05) is 23.9 Å². The van der Waals surface area contributed by atoms with Crippen LogP contribution in [0.4, 0.5) is 4.79 Å². The van der Waals surface area contributed by atoms with Crippen LogP contribution in [-0.4, -0.2) is 21.5 Å². The number of phenols is 1. The van der Waals surface area contributed by atoms with E-state index in [-0.39, 0.29) is 16.4 Å². The molecule has 0 aromatic heterocycles. The third kappa shape index (κ3) is 3.64. The molecule has 1 unspecified atom stereocenters. The van der Waals surface area contributed by atoms with Gasteiger partial charge in [-0.15, -0.1) is 0 Å². The highest BCUT2D eigenvalue weighted by atomic mass is 32.2. The first-order chi connectivity index (χ1) is 11.8. The maximum Gasteiger partial charge on any atom is 0.286 e. The average molecular weight is 357 g/mol. The summed E-state index contributed by atoms with van der Waals surface area (Å²) in [6, 6.07) is 9.27. The maximum atomic E-state index is 11.6. The molecule has 1 aliphatic rings. The first kappa shape index (κ1) is 17.4. The van der Waals surface area contributed by atoms with E-state index in [9.17, 15) is 14.7 Å². The number of carbonyl (C=O) groups excluding carboxylic acids is 2. The van der Waals surface area contributed by atoms with Gasteiger partial charge in [0.05, 0.1) is 5.25 Å². The highest BCUT2D eigenvalue weighted by Gasteiger charge is 2.31. The number of aromatic hydroxyl groups is 1. The molecule has 2 aromatic rings. The normalized spacial score (nSPS) is 16.8. The Morgan fingerprint density at radius 1 is 1.12 bits per heavy atom. The molecule has 2 amide bonds. The highest BCUT2D eigenvalue weighted by Crippen LogP contribution is 2.34. The molecule has 130 valence electrons. The molecule has 0 aliphatic carbocycles. The molecule has 1 atom stereocenters. The van der Waals surface area contributed by atoms with Crippen molar-refractivity contribution in [2.45, 2.75) is 32.4 Å². The number of amides is 2. The second-order valence-electron chi connectivity index (χ2n) is 6.12. The fourth-order valence-electron chi connectivity index (χ4n) is 2.70. The van der Waals surface area contributed by atoms with E-state index < -0.39 is 0 Å². The zero-order chi connectivity index (χ0) is 18.1. The molecule has 25 heavy (non-hydrogen) atoms. The minimum Gasteiger partial charge on any atom is -0.507 e. The largest absolute Gasteiger partial charge is 0.507 e. The number of benzene rings is 2. The topological polar surface area (TPSA) is 75.6 Å². The average Bonchev–Trinajstić information content (AvgIpc) is 2.89. The van der Waals surface area contributed by atoms with Gasteiger partial charge in [-0.3, -0.25) is 14.9 Å². The van der Waals surface area contributed by atoms with Crippen LogP contribution in [0.5, 0.6) is 17.2 Å². The first-order valence-corrected chi connectivity index (χ1v) is 8.81. The summed E-state index contributed by atoms with van der Waals surface area (Å²) in [6.07, 6.45) is 0.499. The minimum atomic E-state index is -0.371. The quantitative estimate of drug-likeness (QED) is 0.865. The van der Waals surface area contributed by atoms with Crippen molar-refractivity contribution >= 4 is 22.9 Å². The fourth-order valence-corrected chi connectivity index (χ4v) is 3.56. The van der Waals surface area contributed by atoms with Gasteiger partial charge in [0.15, 0.2) is 0 Å². The molecular weight excluding hydrogens is 338 g/mol. The van der Waals surface area contributed by atoms with Crippen LogP contribution in [0, 0.1) is 20.8 Å². The van der Waals surface area contributed by atoms with Crippen molar-refractivity contribution in [3.8, 4) is 17.2 Å². The lowest BCUT2D eigenvalue weighted by molar-refractivity contribution is -0.118. The van der Waals surface area contributed by atoms with Crippen molar-refractivity contribution in [2.75, 3.05) is 0 Å². The third-order valence-corrected chi connectivity index (χ3v) is 5.33. The number of imide groups is 1. The Balaban J connectivity index is 1.73. The molecule has 2 aromatic carbocycles. The van der Waals surface area contributed by atoms with Gasteiger partial charge in [0.25, 0.3) is 5.24 Å². The third-order valence-electron chi connectivity index (χ3n) is 4.35. The molecular formula is C19H19NO4S. The van der Waals surface area contributed by atoms with Crippen LogP contribution in [0.2, 0.25) is 0 Å². The van der Waals surface area contributed by atoms with Crippen LogP contribution in [0.1, 0.15) is 22.3 Å². The molecule has 3 rings (SSSR count). The number of carbonyl (C=O) groups is 2. The molecule has 1 saturated heterocycles. The van der Waals surface area contributed by atoms with Gasteiger partial charge in [0.2, 0.25) is 5.91 Å². The fraction of sp³-hybridized carbons (Fsp3) is 0.263. The van der Waals surface area contributed by atoms with E-state index in [1.807, 2.05) is 51.1 Å². The van der Waals surface area contributed by atoms with Crippen molar-refractivity contribution < 1.29 is 19.4 Å². The molecule has 0 spiro atoms. The summed E-state index contributed by atoms with van der Waals surface area (Å²) < 4.78 is 5.94. The Bertz CT molecular complexity index is 845. The zero-order valence-electron chi connectivity index (χ0n) is 14.3. The number of nitrogens with one attached hydrogen (secondary N) is 1. The van der Waals surface area contributed by atoms with E-state index in [0.29, 0.717) is 23.7 Å².